The van der Waals surface area contributed by atoms with E-state index in [2.05, 4.69) is 9.44 Å². The summed E-state index contributed by atoms with van der Waals surface area (Å²) in [7, 11) is -3.66. The molecule has 5 nitrogen and oxygen atoms in total. The Morgan fingerprint density at radius 3 is 2.62 bits per heavy atom. The maximum absolute atomic E-state index is 11.4. The first kappa shape index (κ1) is 13.5. The monoisotopic (exact) mass is 283 g/mol. The molecule has 0 spiro atoms. The molecular formula is C8H11Cl2N3O2S. The van der Waals surface area contributed by atoms with E-state index in [1.807, 2.05) is 0 Å². The highest BCUT2D eigenvalue weighted by atomic mass is 35.5. The van der Waals surface area contributed by atoms with Gasteiger partial charge in [0.15, 0.2) is 0 Å². The fourth-order valence-electron chi connectivity index (χ4n) is 0.957. The SMILES string of the molecule is NCCNS(=O)(=O)Nc1cccc(Cl)c1Cl. The quantitative estimate of drug-likeness (QED) is 0.759. The molecule has 8 heteroatoms. The second-order valence-electron chi connectivity index (χ2n) is 2.89. The predicted octanol–water partition coefficient (Wildman–Crippen LogP) is 1.20. The summed E-state index contributed by atoms with van der Waals surface area (Å²) in [5.74, 6) is 0. The maximum Gasteiger partial charge on any atom is 0.299 e. The first-order valence-electron chi connectivity index (χ1n) is 4.38. The van der Waals surface area contributed by atoms with Gasteiger partial charge in [-0.15, -0.1) is 0 Å². The van der Waals surface area contributed by atoms with E-state index in [1.165, 1.54) is 6.07 Å². The second kappa shape index (κ2) is 5.70. The standard InChI is InChI=1S/C8H11Cl2N3O2S/c9-6-2-1-3-7(8(6)10)13-16(14,15)12-5-4-11/h1-3,12-13H,4-5,11H2. The van der Waals surface area contributed by atoms with Gasteiger partial charge >= 0.3 is 0 Å². The minimum absolute atomic E-state index is 0.146. The first-order chi connectivity index (χ1) is 7.46. The molecule has 90 valence electrons. The van der Waals surface area contributed by atoms with Gasteiger partial charge in [-0.05, 0) is 12.1 Å². The topological polar surface area (TPSA) is 84.2 Å². The molecule has 1 aromatic carbocycles. The lowest BCUT2D eigenvalue weighted by atomic mass is 10.3. The zero-order valence-corrected chi connectivity index (χ0v) is 10.5. The Morgan fingerprint density at radius 2 is 2.00 bits per heavy atom. The molecule has 0 heterocycles. The van der Waals surface area contributed by atoms with E-state index < -0.39 is 10.2 Å². The molecule has 0 saturated heterocycles. The molecular weight excluding hydrogens is 273 g/mol. The van der Waals surface area contributed by atoms with Crippen molar-refractivity contribution < 1.29 is 8.42 Å². The predicted molar refractivity (Wildman–Crippen MR) is 66.1 cm³/mol. The van der Waals surface area contributed by atoms with Crippen LogP contribution in [0.2, 0.25) is 10.0 Å². The van der Waals surface area contributed by atoms with Gasteiger partial charge in [-0.1, -0.05) is 29.3 Å². The Bertz CT molecular complexity index is 464. The molecule has 0 radical (unpaired) electrons. The van der Waals surface area contributed by atoms with Crippen LogP contribution in [0.4, 0.5) is 5.69 Å². The molecule has 1 rings (SSSR count). The molecule has 0 aromatic heterocycles. The van der Waals surface area contributed by atoms with Crippen LogP contribution in [0.15, 0.2) is 18.2 Å². The summed E-state index contributed by atoms with van der Waals surface area (Å²) in [6.45, 7) is 0.359. The average molecular weight is 284 g/mol. The Kier molecular flexibility index (Phi) is 4.82. The van der Waals surface area contributed by atoms with Crippen LogP contribution in [0.5, 0.6) is 0 Å². The van der Waals surface area contributed by atoms with Crippen molar-refractivity contribution in [1.29, 1.82) is 0 Å². The van der Waals surface area contributed by atoms with Crippen LogP contribution >= 0.6 is 23.2 Å². The number of nitrogens with one attached hydrogen (secondary N) is 2. The lowest BCUT2D eigenvalue weighted by Gasteiger charge is -2.10. The Hall–Kier alpha value is -0.530. The summed E-state index contributed by atoms with van der Waals surface area (Å²) in [5, 5.41) is 0.433. The first-order valence-corrected chi connectivity index (χ1v) is 6.61. The molecule has 0 bridgehead atoms. The average Bonchev–Trinajstić information content (AvgIpc) is 2.22. The van der Waals surface area contributed by atoms with E-state index >= 15 is 0 Å². The van der Waals surface area contributed by atoms with Crippen LogP contribution < -0.4 is 15.2 Å². The third-order valence-electron chi connectivity index (χ3n) is 1.63. The van der Waals surface area contributed by atoms with Gasteiger partial charge in [0.2, 0.25) is 0 Å². The van der Waals surface area contributed by atoms with Crippen LogP contribution in [0, 0.1) is 0 Å². The van der Waals surface area contributed by atoms with Crippen molar-refractivity contribution in [1.82, 2.24) is 4.72 Å². The Morgan fingerprint density at radius 1 is 1.31 bits per heavy atom. The molecule has 0 aliphatic rings. The highest BCUT2D eigenvalue weighted by Crippen LogP contribution is 2.29. The number of hydrogen-bond donors (Lipinski definition) is 3. The molecule has 16 heavy (non-hydrogen) atoms. The summed E-state index contributed by atoms with van der Waals surface area (Å²) >= 11 is 11.6. The summed E-state index contributed by atoms with van der Waals surface area (Å²) in [4.78, 5) is 0. The fourth-order valence-corrected chi connectivity index (χ4v) is 2.28. The smallest absolute Gasteiger partial charge is 0.299 e. The normalized spacial score (nSPS) is 11.4. The Balaban J connectivity index is 2.84. The summed E-state index contributed by atoms with van der Waals surface area (Å²) in [6.07, 6.45) is 0. The van der Waals surface area contributed by atoms with E-state index in [9.17, 15) is 8.42 Å². The third-order valence-corrected chi connectivity index (χ3v) is 3.52. The fraction of sp³-hybridized carbons (Fsp3) is 0.250. The summed E-state index contributed by atoms with van der Waals surface area (Å²) < 4.78 is 27.4. The number of benzene rings is 1. The van der Waals surface area contributed by atoms with Crippen molar-refractivity contribution in [3.05, 3.63) is 28.2 Å². The number of rotatable bonds is 5. The van der Waals surface area contributed by atoms with Gasteiger partial charge in [0, 0.05) is 13.1 Å². The van der Waals surface area contributed by atoms with Crippen LogP contribution in [-0.4, -0.2) is 21.5 Å². The highest BCUT2D eigenvalue weighted by Gasteiger charge is 2.12. The van der Waals surface area contributed by atoms with Gasteiger partial charge < -0.3 is 5.73 Å². The van der Waals surface area contributed by atoms with Crippen molar-refractivity contribution in [3.8, 4) is 0 Å². The third kappa shape index (κ3) is 3.80. The molecule has 0 aliphatic heterocycles. The molecule has 0 saturated carbocycles. The van der Waals surface area contributed by atoms with Crippen LogP contribution in [-0.2, 0) is 10.2 Å². The molecule has 1 aromatic rings. The van der Waals surface area contributed by atoms with Crippen LogP contribution in [0.25, 0.3) is 0 Å². The van der Waals surface area contributed by atoms with Crippen molar-refractivity contribution in [2.24, 2.45) is 5.73 Å². The largest absolute Gasteiger partial charge is 0.329 e. The molecule has 0 amide bonds. The minimum atomic E-state index is -3.66. The Labute approximate surface area is 104 Å². The summed E-state index contributed by atoms with van der Waals surface area (Å²) in [6, 6.07) is 4.67. The van der Waals surface area contributed by atoms with Gasteiger partial charge in [0.1, 0.15) is 0 Å². The number of nitrogens with two attached hydrogens (primary N) is 1. The molecule has 0 unspecified atom stereocenters. The van der Waals surface area contributed by atoms with E-state index in [0.29, 0.717) is 0 Å². The highest BCUT2D eigenvalue weighted by molar-refractivity contribution is 7.90. The molecule has 0 atom stereocenters. The van der Waals surface area contributed by atoms with Gasteiger partial charge in [-0.2, -0.15) is 13.1 Å². The number of halogens is 2. The maximum atomic E-state index is 11.4. The van der Waals surface area contributed by atoms with E-state index in [0.717, 1.165) is 0 Å². The molecule has 0 fully saturated rings. The van der Waals surface area contributed by atoms with Gasteiger partial charge in [0.05, 0.1) is 15.7 Å². The van der Waals surface area contributed by atoms with Gasteiger partial charge in [0.25, 0.3) is 10.2 Å². The molecule has 0 aliphatic carbocycles. The van der Waals surface area contributed by atoms with Crippen LogP contribution in [0.3, 0.4) is 0 Å². The molecule has 4 N–H and O–H groups in total. The number of hydrogen-bond acceptors (Lipinski definition) is 3. The summed E-state index contributed by atoms with van der Waals surface area (Å²) in [5.41, 5.74) is 5.40. The zero-order valence-electron chi connectivity index (χ0n) is 8.20. The van der Waals surface area contributed by atoms with Crippen molar-refractivity contribution in [2.75, 3.05) is 17.8 Å². The van der Waals surface area contributed by atoms with E-state index in [-0.39, 0.29) is 28.8 Å². The van der Waals surface area contributed by atoms with Crippen molar-refractivity contribution in [3.63, 3.8) is 0 Å². The van der Waals surface area contributed by atoms with Gasteiger partial charge in [-0.3, -0.25) is 4.72 Å². The van der Waals surface area contributed by atoms with E-state index in [4.69, 9.17) is 28.9 Å². The second-order valence-corrected chi connectivity index (χ2v) is 5.17. The van der Waals surface area contributed by atoms with Crippen molar-refractivity contribution >= 4 is 39.1 Å². The van der Waals surface area contributed by atoms with Gasteiger partial charge in [-0.25, -0.2) is 0 Å². The lowest BCUT2D eigenvalue weighted by molar-refractivity contribution is 0.587. The minimum Gasteiger partial charge on any atom is -0.329 e. The number of anilines is 1. The lowest BCUT2D eigenvalue weighted by Crippen LogP contribution is -2.34. The van der Waals surface area contributed by atoms with E-state index in [1.54, 1.807) is 12.1 Å². The zero-order chi connectivity index (χ0) is 12.2. The van der Waals surface area contributed by atoms with Crippen molar-refractivity contribution in [2.45, 2.75) is 0 Å². The van der Waals surface area contributed by atoms with Crippen LogP contribution in [0.1, 0.15) is 0 Å².